The Balaban J connectivity index is 2.59. The summed E-state index contributed by atoms with van der Waals surface area (Å²) in [4.78, 5) is 11.3. The average molecular weight is 202 g/mol. The highest BCUT2D eigenvalue weighted by molar-refractivity contribution is 5.77. The van der Waals surface area contributed by atoms with Gasteiger partial charge in [-0.15, -0.1) is 0 Å². The normalized spacial score (nSPS) is 9.73. The van der Waals surface area contributed by atoms with E-state index in [2.05, 4.69) is 11.4 Å². The van der Waals surface area contributed by atoms with E-state index in [0.29, 0.717) is 12.1 Å². The van der Waals surface area contributed by atoms with E-state index in [4.69, 9.17) is 5.26 Å². The molecular formula is C12H14N2O. The van der Waals surface area contributed by atoms with E-state index in [1.54, 1.807) is 12.1 Å². The summed E-state index contributed by atoms with van der Waals surface area (Å²) >= 11 is 0. The molecule has 0 aliphatic heterocycles. The predicted octanol–water partition coefficient (Wildman–Crippen LogP) is 1.83. The Hall–Kier alpha value is -1.82. The van der Waals surface area contributed by atoms with E-state index in [1.807, 2.05) is 26.0 Å². The monoisotopic (exact) mass is 202 g/mol. The summed E-state index contributed by atoms with van der Waals surface area (Å²) < 4.78 is 0. The molecule has 1 aromatic rings. The maximum absolute atomic E-state index is 11.3. The summed E-state index contributed by atoms with van der Waals surface area (Å²) in [7, 11) is 0. The molecule has 0 spiro atoms. The lowest BCUT2D eigenvalue weighted by Crippen LogP contribution is -2.27. The summed E-state index contributed by atoms with van der Waals surface area (Å²) in [6, 6.07) is 9.29. The number of nitrogens with one attached hydrogen (secondary N) is 1. The minimum Gasteiger partial charge on any atom is -0.352 e. The van der Waals surface area contributed by atoms with Crippen LogP contribution in [0, 0.1) is 17.2 Å². The van der Waals surface area contributed by atoms with Crippen molar-refractivity contribution in [2.45, 2.75) is 20.4 Å². The van der Waals surface area contributed by atoms with Gasteiger partial charge in [-0.25, -0.2) is 0 Å². The summed E-state index contributed by atoms with van der Waals surface area (Å²) in [5, 5.41) is 11.5. The van der Waals surface area contributed by atoms with Crippen LogP contribution in [0.5, 0.6) is 0 Å². The SMILES string of the molecule is CC(C)C(=O)NCc1cccc(C#N)c1. The number of hydrogen-bond donors (Lipinski definition) is 1. The van der Waals surface area contributed by atoms with Gasteiger partial charge in [-0.05, 0) is 17.7 Å². The lowest BCUT2D eigenvalue weighted by Gasteiger charge is -2.07. The smallest absolute Gasteiger partial charge is 0.222 e. The predicted molar refractivity (Wildman–Crippen MR) is 57.8 cm³/mol. The van der Waals surface area contributed by atoms with Crippen LogP contribution in [0.15, 0.2) is 24.3 Å². The van der Waals surface area contributed by atoms with Gasteiger partial charge in [0.25, 0.3) is 0 Å². The first-order chi connectivity index (χ1) is 7.13. The number of nitrogens with zero attached hydrogens (tertiary/aromatic N) is 1. The fraction of sp³-hybridized carbons (Fsp3) is 0.333. The Morgan fingerprint density at radius 2 is 2.27 bits per heavy atom. The molecule has 3 heteroatoms. The summed E-state index contributed by atoms with van der Waals surface area (Å²) in [6.45, 7) is 4.18. The highest BCUT2D eigenvalue weighted by Crippen LogP contribution is 2.04. The van der Waals surface area contributed by atoms with Crippen molar-refractivity contribution in [3.05, 3.63) is 35.4 Å². The molecule has 0 unspecified atom stereocenters. The van der Waals surface area contributed by atoms with Crippen LogP contribution in [0.1, 0.15) is 25.0 Å². The van der Waals surface area contributed by atoms with E-state index in [0.717, 1.165) is 5.56 Å². The molecule has 78 valence electrons. The molecule has 0 aliphatic rings. The first-order valence-corrected chi connectivity index (χ1v) is 4.90. The minimum absolute atomic E-state index is 0.0100. The summed E-state index contributed by atoms with van der Waals surface area (Å²) in [5.41, 5.74) is 1.56. The second-order valence-electron chi connectivity index (χ2n) is 3.68. The molecule has 1 aromatic carbocycles. The molecular weight excluding hydrogens is 188 g/mol. The molecule has 1 N–H and O–H groups in total. The van der Waals surface area contributed by atoms with Crippen LogP contribution in [0.4, 0.5) is 0 Å². The Morgan fingerprint density at radius 3 is 2.87 bits per heavy atom. The third kappa shape index (κ3) is 3.43. The summed E-state index contributed by atoms with van der Waals surface area (Å²) in [6.07, 6.45) is 0. The third-order valence-electron chi connectivity index (χ3n) is 2.05. The van der Waals surface area contributed by atoms with Crippen LogP contribution < -0.4 is 5.32 Å². The second kappa shape index (κ2) is 5.16. The molecule has 0 aromatic heterocycles. The number of carbonyl (C=O) groups is 1. The molecule has 0 saturated carbocycles. The third-order valence-corrected chi connectivity index (χ3v) is 2.05. The topological polar surface area (TPSA) is 52.9 Å². The fourth-order valence-electron chi connectivity index (χ4n) is 1.14. The Bertz CT molecular complexity index is 391. The van der Waals surface area contributed by atoms with Crippen LogP contribution in [-0.4, -0.2) is 5.91 Å². The molecule has 0 fully saturated rings. The zero-order chi connectivity index (χ0) is 11.3. The van der Waals surface area contributed by atoms with Crippen molar-refractivity contribution >= 4 is 5.91 Å². The number of amides is 1. The van der Waals surface area contributed by atoms with Gasteiger partial charge in [0.15, 0.2) is 0 Å². The molecule has 0 heterocycles. The number of benzene rings is 1. The van der Waals surface area contributed by atoms with Gasteiger partial charge in [0.05, 0.1) is 11.6 Å². The van der Waals surface area contributed by atoms with Crippen LogP contribution in [-0.2, 0) is 11.3 Å². The first-order valence-electron chi connectivity index (χ1n) is 4.90. The summed E-state index contributed by atoms with van der Waals surface area (Å²) in [5.74, 6) is 0.0153. The second-order valence-corrected chi connectivity index (χ2v) is 3.68. The molecule has 3 nitrogen and oxygen atoms in total. The number of carbonyl (C=O) groups excluding carboxylic acids is 1. The van der Waals surface area contributed by atoms with Gasteiger partial charge in [-0.2, -0.15) is 5.26 Å². The molecule has 0 aliphatic carbocycles. The molecule has 0 radical (unpaired) electrons. The first kappa shape index (κ1) is 11.3. The number of rotatable bonds is 3. The molecule has 15 heavy (non-hydrogen) atoms. The fourth-order valence-corrected chi connectivity index (χ4v) is 1.14. The largest absolute Gasteiger partial charge is 0.352 e. The van der Waals surface area contributed by atoms with E-state index in [-0.39, 0.29) is 11.8 Å². The average Bonchev–Trinajstić information content (AvgIpc) is 2.26. The zero-order valence-corrected chi connectivity index (χ0v) is 8.95. The van der Waals surface area contributed by atoms with Gasteiger partial charge < -0.3 is 5.32 Å². The van der Waals surface area contributed by atoms with Gasteiger partial charge in [-0.1, -0.05) is 26.0 Å². The van der Waals surface area contributed by atoms with Crippen LogP contribution in [0.3, 0.4) is 0 Å². The van der Waals surface area contributed by atoms with Crippen LogP contribution in [0.2, 0.25) is 0 Å². The van der Waals surface area contributed by atoms with Gasteiger partial charge >= 0.3 is 0 Å². The standard InChI is InChI=1S/C12H14N2O/c1-9(2)12(15)14-8-11-5-3-4-10(6-11)7-13/h3-6,9H,8H2,1-2H3,(H,14,15). The van der Waals surface area contributed by atoms with Gasteiger partial charge in [0.1, 0.15) is 0 Å². The van der Waals surface area contributed by atoms with Crippen molar-refractivity contribution in [2.75, 3.05) is 0 Å². The minimum atomic E-state index is -0.0100. The molecule has 1 amide bonds. The number of nitriles is 1. The zero-order valence-electron chi connectivity index (χ0n) is 8.95. The van der Waals surface area contributed by atoms with E-state index < -0.39 is 0 Å². The van der Waals surface area contributed by atoms with Crippen LogP contribution >= 0.6 is 0 Å². The lowest BCUT2D eigenvalue weighted by atomic mass is 10.1. The van der Waals surface area contributed by atoms with Crippen molar-refractivity contribution < 1.29 is 4.79 Å². The number of hydrogen-bond acceptors (Lipinski definition) is 2. The van der Waals surface area contributed by atoms with E-state index in [9.17, 15) is 4.79 Å². The Morgan fingerprint density at radius 1 is 1.53 bits per heavy atom. The maximum Gasteiger partial charge on any atom is 0.222 e. The molecule has 0 saturated heterocycles. The van der Waals surface area contributed by atoms with E-state index in [1.165, 1.54) is 0 Å². The van der Waals surface area contributed by atoms with E-state index >= 15 is 0 Å². The van der Waals surface area contributed by atoms with Gasteiger partial charge in [0, 0.05) is 12.5 Å². The Kier molecular flexibility index (Phi) is 3.87. The van der Waals surface area contributed by atoms with Crippen molar-refractivity contribution in [1.82, 2.24) is 5.32 Å². The van der Waals surface area contributed by atoms with Gasteiger partial charge in [-0.3, -0.25) is 4.79 Å². The van der Waals surface area contributed by atoms with Crippen molar-refractivity contribution in [1.29, 1.82) is 5.26 Å². The Labute approximate surface area is 89.7 Å². The van der Waals surface area contributed by atoms with Crippen molar-refractivity contribution in [3.8, 4) is 6.07 Å². The highest BCUT2D eigenvalue weighted by atomic mass is 16.1. The maximum atomic E-state index is 11.3. The van der Waals surface area contributed by atoms with Crippen molar-refractivity contribution in [2.24, 2.45) is 5.92 Å². The molecule has 0 atom stereocenters. The lowest BCUT2D eigenvalue weighted by molar-refractivity contribution is -0.124. The van der Waals surface area contributed by atoms with Crippen LogP contribution in [0.25, 0.3) is 0 Å². The van der Waals surface area contributed by atoms with Gasteiger partial charge in [0.2, 0.25) is 5.91 Å². The molecule has 1 rings (SSSR count). The molecule has 0 bridgehead atoms. The highest BCUT2D eigenvalue weighted by Gasteiger charge is 2.05. The van der Waals surface area contributed by atoms with Crippen molar-refractivity contribution in [3.63, 3.8) is 0 Å². The quantitative estimate of drug-likeness (QED) is 0.813.